The van der Waals surface area contributed by atoms with Crippen LogP contribution in [0.25, 0.3) is 10.4 Å². The molecule has 33 heavy (non-hydrogen) atoms. The predicted octanol–water partition coefficient (Wildman–Crippen LogP) is -3.69. The lowest BCUT2D eigenvalue weighted by molar-refractivity contribution is -0.123. The summed E-state index contributed by atoms with van der Waals surface area (Å²) in [6, 6.07) is 0. The maximum atomic E-state index is 12.2. The molecule has 1 fully saturated rings. The second kappa shape index (κ2) is 15.8. The van der Waals surface area contributed by atoms with Crippen molar-refractivity contribution in [3.05, 3.63) is 10.4 Å². The van der Waals surface area contributed by atoms with E-state index >= 15 is 0 Å². The average Bonchev–Trinajstić information content (AvgIpc) is 2.74. The van der Waals surface area contributed by atoms with E-state index in [1.54, 1.807) is 7.05 Å². The Bertz CT molecular complexity index is 682. The summed E-state index contributed by atoms with van der Waals surface area (Å²) >= 11 is 0. The molecule has 1 aliphatic rings. The Morgan fingerprint density at radius 3 is 1.45 bits per heavy atom. The number of nitrogens with zero attached hydrogens (tertiary/aromatic N) is 7. The van der Waals surface area contributed by atoms with Crippen LogP contribution in [0.4, 0.5) is 0 Å². The van der Waals surface area contributed by atoms with Gasteiger partial charge in [0.2, 0.25) is 23.6 Å². The Morgan fingerprint density at radius 2 is 1.12 bits per heavy atom. The highest BCUT2D eigenvalue weighted by atomic mass is 16.2. The van der Waals surface area contributed by atoms with E-state index in [2.05, 4.69) is 20.7 Å². The Hall–Kier alpha value is -2.97. The minimum Gasteiger partial charge on any atom is -0.369 e. The second-order valence-electron chi connectivity index (χ2n) is 7.70. The third kappa shape index (κ3) is 13.2. The van der Waals surface area contributed by atoms with Gasteiger partial charge in [-0.25, -0.2) is 0 Å². The quantitative estimate of drug-likeness (QED) is 0.142. The Kier molecular flexibility index (Phi) is 13.4. The molecule has 0 spiro atoms. The predicted molar refractivity (Wildman–Crippen MR) is 120 cm³/mol. The highest BCUT2D eigenvalue weighted by Crippen LogP contribution is 2.01. The lowest BCUT2D eigenvalue weighted by Crippen LogP contribution is -2.51. The zero-order chi connectivity index (χ0) is 24.6. The smallest absolute Gasteiger partial charge is 0.234 e. The van der Waals surface area contributed by atoms with Crippen molar-refractivity contribution in [1.82, 2.24) is 30.2 Å². The number of hydrogen-bond acceptors (Lipinski definition) is 9. The first kappa shape index (κ1) is 28.1. The zero-order valence-corrected chi connectivity index (χ0v) is 19.1. The van der Waals surface area contributed by atoms with Crippen molar-refractivity contribution in [3.63, 3.8) is 0 Å². The molecular formula is C18H35N11O4. The van der Waals surface area contributed by atoms with Gasteiger partial charge in [-0.3, -0.25) is 38.8 Å². The van der Waals surface area contributed by atoms with Crippen molar-refractivity contribution in [1.29, 1.82) is 0 Å². The van der Waals surface area contributed by atoms with E-state index in [0.29, 0.717) is 52.4 Å². The van der Waals surface area contributed by atoms with E-state index in [-0.39, 0.29) is 44.7 Å². The molecule has 0 aliphatic carbocycles. The van der Waals surface area contributed by atoms with Crippen LogP contribution in [0.3, 0.4) is 0 Å². The van der Waals surface area contributed by atoms with Gasteiger partial charge in [0.15, 0.2) is 0 Å². The molecule has 0 aromatic heterocycles. The third-order valence-corrected chi connectivity index (χ3v) is 5.11. The molecule has 0 saturated carbocycles. The van der Waals surface area contributed by atoms with Crippen molar-refractivity contribution in [2.75, 3.05) is 92.3 Å². The first-order chi connectivity index (χ1) is 15.7. The summed E-state index contributed by atoms with van der Waals surface area (Å²) in [6.07, 6.45) is 0. The van der Waals surface area contributed by atoms with Gasteiger partial charge >= 0.3 is 0 Å². The molecule has 186 valence electrons. The van der Waals surface area contributed by atoms with Crippen LogP contribution in [0.1, 0.15) is 0 Å². The largest absolute Gasteiger partial charge is 0.369 e. The topological polar surface area (TPSA) is 206 Å². The summed E-state index contributed by atoms with van der Waals surface area (Å²) in [7, 11) is 1.56. The molecular weight excluding hydrogens is 434 g/mol. The van der Waals surface area contributed by atoms with E-state index < -0.39 is 11.8 Å². The number of azide groups is 1. The normalized spacial score (nSPS) is 17.7. The molecule has 0 aromatic carbocycles. The van der Waals surface area contributed by atoms with Crippen LogP contribution < -0.4 is 22.1 Å². The monoisotopic (exact) mass is 469 g/mol. The number of amides is 4. The molecule has 6 N–H and O–H groups in total. The third-order valence-electron chi connectivity index (χ3n) is 5.11. The van der Waals surface area contributed by atoms with E-state index in [1.807, 2.05) is 19.6 Å². The fourth-order valence-corrected chi connectivity index (χ4v) is 3.35. The van der Waals surface area contributed by atoms with Gasteiger partial charge in [0.05, 0.1) is 32.8 Å². The van der Waals surface area contributed by atoms with E-state index in [0.717, 1.165) is 0 Å². The van der Waals surface area contributed by atoms with Crippen LogP contribution in [0.5, 0.6) is 0 Å². The number of hydrogen-bond donors (Lipinski definition) is 4. The fraction of sp³-hybridized carbons (Fsp3) is 0.778. The lowest BCUT2D eigenvalue weighted by Gasteiger charge is -2.33. The first-order valence-corrected chi connectivity index (χ1v) is 10.7. The molecule has 0 atom stereocenters. The van der Waals surface area contributed by atoms with Gasteiger partial charge in [0, 0.05) is 64.3 Å². The van der Waals surface area contributed by atoms with Crippen molar-refractivity contribution < 1.29 is 19.2 Å². The van der Waals surface area contributed by atoms with Crippen LogP contribution in [0.2, 0.25) is 0 Å². The minimum absolute atomic E-state index is 0.0541. The molecule has 4 amide bonds. The van der Waals surface area contributed by atoms with E-state index in [1.165, 1.54) is 0 Å². The van der Waals surface area contributed by atoms with Gasteiger partial charge in [-0.15, -0.1) is 0 Å². The van der Waals surface area contributed by atoms with E-state index in [9.17, 15) is 19.2 Å². The summed E-state index contributed by atoms with van der Waals surface area (Å²) in [5, 5.41) is 8.40. The van der Waals surface area contributed by atoms with Gasteiger partial charge in [0.1, 0.15) is 0 Å². The van der Waals surface area contributed by atoms with Gasteiger partial charge in [-0.05, 0) is 5.53 Å². The number of rotatable bonds is 10. The lowest BCUT2D eigenvalue weighted by atomic mass is 10.3. The maximum Gasteiger partial charge on any atom is 0.234 e. The van der Waals surface area contributed by atoms with Crippen molar-refractivity contribution >= 4 is 23.6 Å². The molecule has 0 radical (unpaired) electrons. The first-order valence-electron chi connectivity index (χ1n) is 10.7. The Balaban J connectivity index is 2.94. The number of carbonyl (C=O) groups excluding carboxylic acids is 4. The number of primary amides is 2. The molecule has 1 saturated heterocycles. The molecule has 0 bridgehead atoms. The minimum atomic E-state index is -0.466. The molecule has 1 rings (SSSR count). The van der Waals surface area contributed by atoms with Gasteiger partial charge in [0.25, 0.3) is 0 Å². The SMILES string of the molecule is CNC(=O)CN1CCN(CC(N)=O)CCN(CC(=O)NCN=[N+]=[N-])CCN(CC(N)=O)CC1. The van der Waals surface area contributed by atoms with Crippen LogP contribution in [0, 0.1) is 0 Å². The summed E-state index contributed by atoms with van der Waals surface area (Å²) in [4.78, 5) is 57.4. The Morgan fingerprint density at radius 1 is 0.758 bits per heavy atom. The second-order valence-corrected chi connectivity index (χ2v) is 7.70. The molecule has 1 heterocycles. The summed E-state index contributed by atoms with van der Waals surface area (Å²) in [6.45, 7) is 4.07. The summed E-state index contributed by atoms with van der Waals surface area (Å²) < 4.78 is 0. The fourth-order valence-electron chi connectivity index (χ4n) is 3.35. The maximum absolute atomic E-state index is 12.2. The van der Waals surface area contributed by atoms with Gasteiger partial charge < -0.3 is 22.1 Å². The number of likely N-dealkylation sites (N-methyl/N-ethyl adjacent to an activating group) is 1. The number of nitrogens with one attached hydrogen (secondary N) is 2. The van der Waals surface area contributed by atoms with Crippen LogP contribution in [0.15, 0.2) is 5.11 Å². The van der Waals surface area contributed by atoms with Gasteiger partial charge in [-0.1, -0.05) is 5.11 Å². The van der Waals surface area contributed by atoms with Gasteiger partial charge in [-0.2, -0.15) is 0 Å². The standard InChI is InChI=1S/C18H35N11O4/c1-22-17(32)12-28-6-2-26(10-15(19)30)4-8-29(13-18(33)23-14-24-25-21)9-5-27(3-7-28)11-16(20)31/h2-14H2,1H3,(H2,19,30)(H2,20,31)(H,22,32)(H,23,33). The summed E-state index contributed by atoms with van der Waals surface area (Å²) in [5.41, 5.74) is 19.1. The zero-order valence-electron chi connectivity index (χ0n) is 19.1. The highest BCUT2D eigenvalue weighted by Gasteiger charge is 2.20. The van der Waals surface area contributed by atoms with Crippen molar-refractivity contribution in [3.8, 4) is 0 Å². The van der Waals surface area contributed by atoms with Crippen LogP contribution in [-0.2, 0) is 19.2 Å². The number of carbonyl (C=O) groups is 4. The Labute approximate surface area is 193 Å². The van der Waals surface area contributed by atoms with E-state index in [4.69, 9.17) is 17.0 Å². The molecule has 0 unspecified atom stereocenters. The number of nitrogens with two attached hydrogens (primary N) is 2. The highest BCUT2D eigenvalue weighted by molar-refractivity contribution is 5.78. The van der Waals surface area contributed by atoms with Crippen LogP contribution >= 0.6 is 0 Å². The van der Waals surface area contributed by atoms with Crippen molar-refractivity contribution in [2.24, 2.45) is 16.6 Å². The summed E-state index contributed by atoms with van der Waals surface area (Å²) in [5.74, 6) is -1.38. The van der Waals surface area contributed by atoms with Crippen molar-refractivity contribution in [2.45, 2.75) is 0 Å². The molecule has 1 aliphatic heterocycles. The molecule has 15 heteroatoms. The van der Waals surface area contributed by atoms with Crippen LogP contribution in [-0.4, -0.2) is 135 Å². The average molecular weight is 470 g/mol. The molecule has 15 nitrogen and oxygen atoms in total. The molecule has 0 aromatic rings.